The molecule has 1 N–H and O–H groups in total. The predicted molar refractivity (Wildman–Crippen MR) is 89.9 cm³/mol. The average molecular weight is 294 g/mol. The Morgan fingerprint density at radius 1 is 1.45 bits per heavy atom. The molecule has 2 aliphatic rings. The smallest absolute Gasteiger partial charge is 0.248 e. The van der Waals surface area contributed by atoms with Crippen LogP contribution in [0.3, 0.4) is 0 Å². The number of allylic oxidation sites excluding steroid dienone is 5. The van der Waals surface area contributed by atoms with Gasteiger partial charge in [0.25, 0.3) is 0 Å². The van der Waals surface area contributed by atoms with E-state index >= 15 is 0 Å². The lowest BCUT2D eigenvalue weighted by Gasteiger charge is -2.33. The average Bonchev–Trinajstić information content (AvgIpc) is 2.87. The molecule has 0 aromatic heterocycles. The van der Waals surface area contributed by atoms with Gasteiger partial charge in [-0.3, -0.25) is 14.9 Å². The molecular formula is C16H20B2N2O2. The number of nitrogens with zero attached hydrogens (tertiary/aromatic N) is 1. The molecule has 2 amide bonds. The highest BCUT2D eigenvalue weighted by Crippen LogP contribution is 2.25. The van der Waals surface area contributed by atoms with Gasteiger partial charge in [-0.2, -0.15) is 0 Å². The normalized spacial score (nSPS) is 22.0. The molecule has 22 heavy (non-hydrogen) atoms. The van der Waals surface area contributed by atoms with Crippen LogP contribution >= 0.6 is 0 Å². The van der Waals surface area contributed by atoms with E-state index < -0.39 is 0 Å². The largest absolute Gasteiger partial charge is 0.417 e. The van der Waals surface area contributed by atoms with E-state index in [9.17, 15) is 9.59 Å². The zero-order valence-corrected chi connectivity index (χ0v) is 13.1. The number of amides is 2. The van der Waals surface area contributed by atoms with E-state index in [0.29, 0.717) is 18.8 Å². The Bertz CT molecular complexity index is 579. The van der Waals surface area contributed by atoms with Crippen LogP contribution in [0, 0.1) is 5.92 Å². The summed E-state index contributed by atoms with van der Waals surface area (Å²) < 4.78 is 0. The van der Waals surface area contributed by atoms with Crippen LogP contribution in [0.5, 0.6) is 0 Å². The summed E-state index contributed by atoms with van der Waals surface area (Å²) in [5.41, 5.74) is 2.88. The summed E-state index contributed by atoms with van der Waals surface area (Å²) in [6.07, 6.45) is 6.57. The zero-order chi connectivity index (χ0) is 16.3. The number of imide groups is 1. The van der Waals surface area contributed by atoms with E-state index in [1.807, 2.05) is 31.4 Å². The predicted octanol–water partition coefficient (Wildman–Crippen LogP) is 1.51. The molecule has 4 nitrogen and oxygen atoms in total. The quantitative estimate of drug-likeness (QED) is 0.475. The molecule has 2 rings (SSSR count). The molecule has 1 saturated heterocycles. The van der Waals surface area contributed by atoms with Gasteiger partial charge in [0.15, 0.2) is 0 Å². The Morgan fingerprint density at radius 3 is 2.77 bits per heavy atom. The zero-order valence-electron chi connectivity index (χ0n) is 13.1. The van der Waals surface area contributed by atoms with Crippen LogP contribution < -0.4 is 5.32 Å². The molecular weight excluding hydrogens is 274 g/mol. The van der Waals surface area contributed by atoms with Crippen molar-refractivity contribution in [1.29, 1.82) is 0 Å². The maximum Gasteiger partial charge on any atom is 0.248 e. The SMILES string of the molecule is C=CC1=C(/C=C\C(=C)C(C)C)N(C2CCC(=O)NC2=O)[B][B]1. The first-order chi connectivity index (χ1) is 10.4. The van der Waals surface area contributed by atoms with E-state index in [1.165, 1.54) is 0 Å². The third-order valence-electron chi connectivity index (χ3n) is 3.95. The minimum atomic E-state index is -0.363. The summed E-state index contributed by atoms with van der Waals surface area (Å²) in [6, 6.07) is -0.363. The maximum absolute atomic E-state index is 12.1. The van der Waals surface area contributed by atoms with Crippen molar-refractivity contribution < 1.29 is 9.59 Å². The first-order valence-electron chi connectivity index (χ1n) is 7.48. The number of hydrogen-bond donors (Lipinski definition) is 1. The monoisotopic (exact) mass is 294 g/mol. The molecule has 0 aliphatic carbocycles. The van der Waals surface area contributed by atoms with Gasteiger partial charge < -0.3 is 4.81 Å². The van der Waals surface area contributed by atoms with Crippen molar-refractivity contribution in [3.8, 4) is 0 Å². The Kier molecular flexibility index (Phi) is 5.11. The van der Waals surface area contributed by atoms with Crippen LogP contribution in [-0.4, -0.2) is 37.1 Å². The molecule has 0 saturated carbocycles. The van der Waals surface area contributed by atoms with Crippen LogP contribution in [0.25, 0.3) is 0 Å². The van der Waals surface area contributed by atoms with Gasteiger partial charge in [-0.25, -0.2) is 0 Å². The summed E-state index contributed by atoms with van der Waals surface area (Å²) in [5, 5.41) is 2.40. The number of piperidine rings is 1. The molecule has 6 heteroatoms. The van der Waals surface area contributed by atoms with Crippen molar-refractivity contribution >= 4 is 26.3 Å². The van der Waals surface area contributed by atoms with Gasteiger partial charge in [0, 0.05) is 12.1 Å². The highest BCUT2D eigenvalue weighted by atomic mass is 16.2. The lowest BCUT2D eigenvalue weighted by atomic mass is 9.44. The fourth-order valence-corrected chi connectivity index (χ4v) is 2.43. The summed E-state index contributed by atoms with van der Waals surface area (Å²) >= 11 is 0. The van der Waals surface area contributed by atoms with Crippen LogP contribution in [0.2, 0.25) is 0 Å². The van der Waals surface area contributed by atoms with Crippen molar-refractivity contribution in [3.05, 3.63) is 48.1 Å². The molecule has 0 spiro atoms. The van der Waals surface area contributed by atoms with E-state index in [1.54, 1.807) is 6.08 Å². The van der Waals surface area contributed by atoms with E-state index in [2.05, 4.69) is 32.3 Å². The molecule has 2 aliphatic heterocycles. The molecule has 2 heterocycles. The summed E-state index contributed by atoms with van der Waals surface area (Å²) in [6.45, 7) is 12.0. The molecule has 1 unspecified atom stereocenters. The first-order valence-corrected chi connectivity index (χ1v) is 7.48. The maximum atomic E-state index is 12.1. The standard InChI is InChI=1S/C16H20B2N2O2/c1-5-12-13(7-6-11(4)10(2)3)20(18-17-12)14-8-9-15(21)19-16(14)22/h5-7,10,14H,1,4,8-9H2,2-3H3,(H,19,21,22)/b7-6-. The van der Waals surface area contributed by atoms with E-state index in [0.717, 1.165) is 16.7 Å². The highest BCUT2D eigenvalue weighted by molar-refractivity contribution is 7.04. The van der Waals surface area contributed by atoms with Gasteiger partial charge in [0.1, 0.15) is 7.17 Å². The van der Waals surface area contributed by atoms with Gasteiger partial charge in [-0.05, 0) is 18.4 Å². The van der Waals surface area contributed by atoms with Gasteiger partial charge in [0.2, 0.25) is 19.1 Å². The van der Waals surface area contributed by atoms with Crippen molar-refractivity contribution in [3.63, 3.8) is 0 Å². The molecule has 0 aromatic rings. The molecule has 2 radical (unpaired) electrons. The molecule has 112 valence electrons. The van der Waals surface area contributed by atoms with Crippen LogP contribution in [0.1, 0.15) is 26.7 Å². The summed E-state index contributed by atoms with van der Waals surface area (Å²) in [4.78, 5) is 25.3. The lowest BCUT2D eigenvalue weighted by molar-refractivity contribution is -0.135. The molecule has 1 fully saturated rings. The van der Waals surface area contributed by atoms with Gasteiger partial charge in [0.05, 0.1) is 6.04 Å². The van der Waals surface area contributed by atoms with Crippen molar-refractivity contribution in [1.82, 2.24) is 10.1 Å². The summed E-state index contributed by atoms with van der Waals surface area (Å²) in [5.74, 6) is -0.0927. The fraction of sp³-hybridized carbons (Fsp3) is 0.375. The van der Waals surface area contributed by atoms with Gasteiger partial charge >= 0.3 is 0 Å². The van der Waals surface area contributed by atoms with Crippen molar-refractivity contribution in [2.75, 3.05) is 0 Å². The lowest BCUT2D eigenvalue weighted by Crippen LogP contribution is -2.52. The van der Waals surface area contributed by atoms with Crippen molar-refractivity contribution in [2.24, 2.45) is 5.92 Å². The van der Waals surface area contributed by atoms with Crippen LogP contribution in [0.15, 0.2) is 48.1 Å². The molecule has 1 atom stereocenters. The first kappa shape index (κ1) is 16.4. The Morgan fingerprint density at radius 2 is 2.18 bits per heavy atom. The minimum absolute atomic E-state index is 0.206. The second-order valence-corrected chi connectivity index (χ2v) is 5.80. The van der Waals surface area contributed by atoms with Gasteiger partial charge in [-0.1, -0.05) is 50.2 Å². The molecule has 0 aromatic carbocycles. The van der Waals surface area contributed by atoms with Crippen molar-refractivity contribution in [2.45, 2.75) is 32.7 Å². The number of rotatable bonds is 5. The van der Waals surface area contributed by atoms with E-state index in [-0.39, 0.29) is 17.9 Å². The van der Waals surface area contributed by atoms with Gasteiger partial charge in [-0.15, -0.1) is 0 Å². The minimum Gasteiger partial charge on any atom is -0.417 e. The second kappa shape index (κ2) is 6.86. The second-order valence-electron chi connectivity index (χ2n) is 5.80. The highest BCUT2D eigenvalue weighted by Gasteiger charge is 2.35. The Balaban J connectivity index is 2.22. The Hall–Kier alpha value is -1.97. The Labute approximate surface area is 133 Å². The van der Waals surface area contributed by atoms with Crippen LogP contribution in [-0.2, 0) is 9.59 Å². The number of carbonyl (C=O) groups is 2. The third kappa shape index (κ3) is 3.43. The van der Waals surface area contributed by atoms with E-state index in [4.69, 9.17) is 0 Å². The fourth-order valence-electron chi connectivity index (χ4n) is 2.43. The topological polar surface area (TPSA) is 49.4 Å². The van der Waals surface area contributed by atoms with Crippen LogP contribution in [0.4, 0.5) is 0 Å². The number of nitrogens with one attached hydrogen (secondary N) is 1. The number of carbonyl (C=O) groups excluding carboxylic acids is 2. The number of hydrogen-bond acceptors (Lipinski definition) is 3. The third-order valence-corrected chi connectivity index (χ3v) is 3.95. The summed E-state index contributed by atoms with van der Waals surface area (Å²) in [7, 11) is 3.80. The molecule has 0 bridgehead atoms.